The van der Waals surface area contributed by atoms with Crippen molar-refractivity contribution in [1.82, 2.24) is 0 Å². The van der Waals surface area contributed by atoms with Gasteiger partial charge in [0.05, 0.1) is 0 Å². The van der Waals surface area contributed by atoms with Crippen LogP contribution >= 0.6 is 0 Å². The molecule has 0 saturated heterocycles. The predicted octanol–water partition coefficient (Wildman–Crippen LogP) is 9.26. The van der Waals surface area contributed by atoms with E-state index in [0.717, 1.165) is 89.2 Å². The lowest BCUT2D eigenvalue weighted by molar-refractivity contribution is -0.155. The number of hydrogen-bond acceptors (Lipinski definition) is 5. The van der Waals surface area contributed by atoms with Crippen LogP contribution in [0.5, 0.6) is 0 Å². The third-order valence-electron chi connectivity index (χ3n) is 7.64. The average Bonchev–Trinajstić information content (AvgIpc) is 2.95. The molecule has 0 bridgehead atoms. The van der Waals surface area contributed by atoms with Gasteiger partial charge < -0.3 is 20.1 Å². The number of unbranched alkanes of at least 4 members (excludes halogenated alkanes) is 12. The fourth-order valence-corrected chi connectivity index (χ4v) is 4.82. The molecule has 0 aliphatic heterocycles. The first kappa shape index (κ1) is 41.5. The maximum Gasteiger partial charge on any atom is 0.332 e. The van der Waals surface area contributed by atoms with Gasteiger partial charge in [-0.15, -0.1) is 0 Å². The minimum Gasteiger partial charge on any atom is -0.478 e. The first-order chi connectivity index (χ1) is 20.0. The lowest BCUT2D eigenvalue weighted by atomic mass is 9.90. The monoisotopic (exact) mass is 596 g/mol. The summed E-state index contributed by atoms with van der Waals surface area (Å²) in [5.74, 6) is -3.84. The molecule has 0 aromatic rings. The Morgan fingerprint density at radius 3 is 1.29 bits per heavy atom. The van der Waals surface area contributed by atoms with Crippen molar-refractivity contribution in [1.29, 1.82) is 0 Å². The Kier molecular flexibility index (Phi) is 26.9. The minimum absolute atomic E-state index is 0.117. The Morgan fingerprint density at radius 1 is 0.548 bits per heavy atom. The normalized spacial score (nSPS) is 11.9. The predicted molar refractivity (Wildman–Crippen MR) is 169 cm³/mol. The van der Waals surface area contributed by atoms with Crippen LogP contribution in [0.3, 0.4) is 0 Å². The Hall–Kier alpha value is -2.64. The Morgan fingerprint density at radius 2 is 0.929 bits per heavy atom. The van der Waals surface area contributed by atoms with Crippen LogP contribution in [0, 0.1) is 0 Å². The van der Waals surface area contributed by atoms with E-state index < -0.39 is 29.5 Å². The molecule has 0 fully saturated rings. The number of carboxylic acids is 3. The molecule has 0 atom stereocenters. The number of rotatable bonds is 25. The summed E-state index contributed by atoms with van der Waals surface area (Å²) >= 11 is 0. The quantitative estimate of drug-likeness (QED) is 0.0538. The molecule has 244 valence electrons. The van der Waals surface area contributed by atoms with Gasteiger partial charge in [0.15, 0.2) is 0 Å². The van der Waals surface area contributed by atoms with Gasteiger partial charge in [-0.1, -0.05) is 112 Å². The standard InChI is InChI=1S/C20H36O4.C14H24O4/c1-3-5-7-9-11-13-15-17(19(21)22)18(20(23)24)16-14-12-10-8-6-4-2;1-4-7-8-11-14(5-2,6-3)18-13(17)10-9-12(15)16/h3-16H2,1-2H3,(H,21,22)(H,23,24);9-10H,4-8,11H2,1-3H3,(H,15,16)/b18-17-;. The molecule has 0 aromatic heterocycles. The van der Waals surface area contributed by atoms with E-state index in [1.54, 1.807) is 0 Å². The zero-order valence-electron chi connectivity index (χ0n) is 27.2. The van der Waals surface area contributed by atoms with E-state index in [2.05, 4.69) is 20.8 Å². The summed E-state index contributed by atoms with van der Waals surface area (Å²) in [5, 5.41) is 27.2. The van der Waals surface area contributed by atoms with Crippen LogP contribution in [0.1, 0.15) is 163 Å². The molecule has 8 heteroatoms. The van der Waals surface area contributed by atoms with Crippen LogP contribution in [0.15, 0.2) is 23.3 Å². The minimum atomic E-state index is -1.14. The van der Waals surface area contributed by atoms with Crippen molar-refractivity contribution in [2.24, 2.45) is 0 Å². The summed E-state index contributed by atoms with van der Waals surface area (Å²) in [7, 11) is 0. The van der Waals surface area contributed by atoms with Crippen molar-refractivity contribution in [3.05, 3.63) is 23.3 Å². The number of aliphatic carboxylic acids is 3. The number of carboxylic acid groups (broad SMARTS) is 3. The number of carbonyl (C=O) groups excluding carboxylic acids is 1. The molecule has 0 aliphatic rings. The molecule has 0 radical (unpaired) electrons. The highest BCUT2D eigenvalue weighted by Gasteiger charge is 2.29. The highest BCUT2D eigenvalue weighted by molar-refractivity contribution is 5.98. The molecular weight excluding hydrogens is 536 g/mol. The molecule has 0 saturated carbocycles. The van der Waals surface area contributed by atoms with Gasteiger partial charge in [-0.25, -0.2) is 19.2 Å². The fourth-order valence-electron chi connectivity index (χ4n) is 4.82. The summed E-state index contributed by atoms with van der Waals surface area (Å²) in [6.07, 6.45) is 20.9. The first-order valence-electron chi connectivity index (χ1n) is 16.4. The van der Waals surface area contributed by atoms with E-state index in [9.17, 15) is 29.4 Å². The Labute approximate surface area is 255 Å². The zero-order chi connectivity index (χ0) is 32.2. The molecule has 3 N–H and O–H groups in total. The summed E-state index contributed by atoms with van der Waals surface area (Å²) in [6.45, 7) is 10.4. The lowest BCUT2D eigenvalue weighted by Gasteiger charge is -2.31. The van der Waals surface area contributed by atoms with Gasteiger partial charge in [-0.2, -0.15) is 0 Å². The van der Waals surface area contributed by atoms with Crippen molar-refractivity contribution in [3.63, 3.8) is 0 Å². The van der Waals surface area contributed by atoms with Gasteiger partial charge in [0.25, 0.3) is 0 Å². The van der Waals surface area contributed by atoms with Gasteiger partial charge in [0.2, 0.25) is 0 Å². The molecule has 0 rings (SSSR count). The van der Waals surface area contributed by atoms with Crippen molar-refractivity contribution < 1.29 is 39.2 Å². The van der Waals surface area contributed by atoms with Gasteiger partial charge in [-0.3, -0.25) is 0 Å². The van der Waals surface area contributed by atoms with Gasteiger partial charge in [-0.05, 0) is 51.4 Å². The van der Waals surface area contributed by atoms with Crippen molar-refractivity contribution in [2.75, 3.05) is 0 Å². The number of hydrogen-bond donors (Lipinski definition) is 3. The summed E-state index contributed by atoms with van der Waals surface area (Å²) in [4.78, 5) is 44.8. The average molecular weight is 597 g/mol. The van der Waals surface area contributed by atoms with E-state index in [-0.39, 0.29) is 11.1 Å². The molecular formula is C34H60O8. The first-order valence-corrected chi connectivity index (χ1v) is 16.4. The lowest BCUT2D eigenvalue weighted by Crippen LogP contribution is -2.33. The third kappa shape index (κ3) is 22.0. The zero-order valence-corrected chi connectivity index (χ0v) is 27.2. The Bertz CT molecular complexity index is 772. The van der Waals surface area contributed by atoms with Gasteiger partial charge >= 0.3 is 23.9 Å². The van der Waals surface area contributed by atoms with E-state index in [0.29, 0.717) is 12.8 Å². The largest absolute Gasteiger partial charge is 0.478 e. The number of ether oxygens (including phenoxy) is 1. The second kappa shape index (κ2) is 27.2. The van der Waals surface area contributed by atoms with Crippen molar-refractivity contribution in [3.8, 4) is 0 Å². The van der Waals surface area contributed by atoms with E-state index in [1.807, 2.05) is 13.8 Å². The topological polar surface area (TPSA) is 138 Å². The second-order valence-corrected chi connectivity index (χ2v) is 11.0. The second-order valence-electron chi connectivity index (χ2n) is 11.0. The smallest absolute Gasteiger partial charge is 0.332 e. The fraction of sp³-hybridized carbons (Fsp3) is 0.765. The van der Waals surface area contributed by atoms with Gasteiger partial charge in [0, 0.05) is 23.3 Å². The van der Waals surface area contributed by atoms with E-state index >= 15 is 0 Å². The number of carbonyl (C=O) groups is 4. The molecule has 0 heterocycles. The molecule has 0 spiro atoms. The van der Waals surface area contributed by atoms with Crippen LogP contribution in [0.4, 0.5) is 0 Å². The van der Waals surface area contributed by atoms with E-state index in [1.165, 1.54) is 38.5 Å². The maximum atomic E-state index is 11.5. The highest BCUT2D eigenvalue weighted by Crippen LogP contribution is 2.28. The van der Waals surface area contributed by atoms with Crippen molar-refractivity contribution >= 4 is 23.9 Å². The molecule has 0 aromatic carbocycles. The van der Waals surface area contributed by atoms with Crippen LogP contribution < -0.4 is 0 Å². The third-order valence-corrected chi connectivity index (χ3v) is 7.64. The van der Waals surface area contributed by atoms with Gasteiger partial charge in [0.1, 0.15) is 5.60 Å². The van der Waals surface area contributed by atoms with Crippen LogP contribution in [0.2, 0.25) is 0 Å². The van der Waals surface area contributed by atoms with Crippen LogP contribution in [-0.2, 0) is 23.9 Å². The molecule has 0 amide bonds. The molecule has 42 heavy (non-hydrogen) atoms. The Balaban J connectivity index is 0. The maximum absolute atomic E-state index is 11.5. The summed E-state index contributed by atoms with van der Waals surface area (Å²) in [6, 6.07) is 0. The van der Waals surface area contributed by atoms with Crippen LogP contribution in [0.25, 0.3) is 0 Å². The van der Waals surface area contributed by atoms with Crippen molar-refractivity contribution in [2.45, 2.75) is 169 Å². The molecule has 0 aliphatic carbocycles. The molecule has 8 nitrogen and oxygen atoms in total. The summed E-state index contributed by atoms with van der Waals surface area (Å²) < 4.78 is 5.44. The number of esters is 1. The molecule has 0 unspecified atom stereocenters. The summed E-state index contributed by atoms with van der Waals surface area (Å²) in [5.41, 5.74) is -0.215. The van der Waals surface area contributed by atoms with Crippen LogP contribution in [-0.4, -0.2) is 44.8 Å². The SMILES string of the molecule is CCCCCC(CC)(CC)OC(=O)C=CC(=O)O.CCCCCCCC/C(C(=O)O)=C(\CCCCCCCC)C(=O)O. The highest BCUT2D eigenvalue weighted by atomic mass is 16.6. The van der Waals surface area contributed by atoms with E-state index in [4.69, 9.17) is 9.84 Å².